The van der Waals surface area contributed by atoms with Crippen LogP contribution < -0.4 is 4.74 Å². The number of ether oxygens (including phenoxy) is 1. The molecule has 0 aliphatic rings. The monoisotopic (exact) mass is 319 g/mol. The number of Topliss-reactive ketones (excluding diaryl/α,β-unsaturated/α-hetero) is 1. The highest BCUT2D eigenvalue weighted by molar-refractivity contribution is 5.96. The topological polar surface area (TPSA) is 29.5 Å². The molecule has 0 radical (unpaired) electrons. The van der Waals surface area contributed by atoms with Crippen molar-refractivity contribution in [3.8, 4) is 5.75 Å². The molecule has 118 valence electrons. The molecule has 0 aromatic heterocycles. The zero-order valence-electron chi connectivity index (χ0n) is 13.0. The molecule has 2 aromatic rings. The molecule has 0 spiro atoms. The summed E-state index contributed by atoms with van der Waals surface area (Å²) < 4.78 is 5.71. The van der Waals surface area contributed by atoms with Crippen molar-refractivity contribution in [3.63, 3.8) is 0 Å². The van der Waals surface area contributed by atoms with Crippen molar-refractivity contribution >= 4 is 18.2 Å². The Morgan fingerprint density at radius 3 is 2.23 bits per heavy atom. The van der Waals surface area contributed by atoms with E-state index in [1.165, 1.54) is 0 Å². The standard InChI is InChI=1S/C18H21NO2.ClH/c1-19(2)13-12-18(20)16-8-10-17(11-9-16)21-14-15-6-4-3-5-7-15;/h3-11H,12-14H2,1-2H3;1H. The van der Waals surface area contributed by atoms with E-state index in [1.54, 1.807) is 0 Å². The Morgan fingerprint density at radius 2 is 1.64 bits per heavy atom. The van der Waals surface area contributed by atoms with Crippen LogP contribution in [0, 0.1) is 0 Å². The average Bonchev–Trinajstić information content (AvgIpc) is 2.52. The van der Waals surface area contributed by atoms with E-state index in [1.807, 2.05) is 73.6 Å². The maximum absolute atomic E-state index is 12.0. The van der Waals surface area contributed by atoms with Crippen molar-refractivity contribution in [2.75, 3.05) is 20.6 Å². The van der Waals surface area contributed by atoms with E-state index < -0.39 is 0 Å². The number of rotatable bonds is 7. The minimum atomic E-state index is 0. The second kappa shape index (κ2) is 9.23. The van der Waals surface area contributed by atoms with Crippen LogP contribution in [0.15, 0.2) is 54.6 Å². The molecule has 0 aliphatic heterocycles. The van der Waals surface area contributed by atoms with Crippen molar-refractivity contribution < 1.29 is 9.53 Å². The lowest BCUT2D eigenvalue weighted by molar-refractivity contribution is 0.0972. The van der Waals surface area contributed by atoms with Gasteiger partial charge in [-0.1, -0.05) is 30.3 Å². The molecule has 0 unspecified atom stereocenters. The lowest BCUT2D eigenvalue weighted by atomic mass is 10.1. The van der Waals surface area contributed by atoms with Crippen molar-refractivity contribution in [1.82, 2.24) is 4.90 Å². The first kappa shape index (κ1) is 18.2. The maximum Gasteiger partial charge on any atom is 0.164 e. The van der Waals surface area contributed by atoms with Gasteiger partial charge in [-0.05, 0) is 43.9 Å². The third-order valence-corrected chi connectivity index (χ3v) is 3.21. The molecular weight excluding hydrogens is 298 g/mol. The maximum atomic E-state index is 12.0. The van der Waals surface area contributed by atoms with Crippen LogP contribution in [0.5, 0.6) is 5.75 Å². The van der Waals surface area contributed by atoms with E-state index in [0.717, 1.165) is 23.4 Å². The zero-order valence-corrected chi connectivity index (χ0v) is 13.8. The number of carbonyl (C=O) groups is 1. The van der Waals surface area contributed by atoms with Crippen molar-refractivity contribution in [2.24, 2.45) is 0 Å². The van der Waals surface area contributed by atoms with Crippen LogP contribution >= 0.6 is 12.4 Å². The lowest BCUT2D eigenvalue weighted by Gasteiger charge is -2.09. The van der Waals surface area contributed by atoms with E-state index in [2.05, 4.69) is 0 Å². The van der Waals surface area contributed by atoms with E-state index >= 15 is 0 Å². The third kappa shape index (κ3) is 5.88. The molecule has 3 nitrogen and oxygen atoms in total. The number of hydrogen-bond acceptors (Lipinski definition) is 3. The zero-order chi connectivity index (χ0) is 15.1. The minimum Gasteiger partial charge on any atom is -0.489 e. The second-order valence-corrected chi connectivity index (χ2v) is 5.28. The highest BCUT2D eigenvalue weighted by Crippen LogP contribution is 2.15. The lowest BCUT2D eigenvalue weighted by Crippen LogP contribution is -2.16. The van der Waals surface area contributed by atoms with Gasteiger partial charge in [-0.2, -0.15) is 0 Å². The van der Waals surface area contributed by atoms with Crippen LogP contribution in [0.3, 0.4) is 0 Å². The first-order chi connectivity index (χ1) is 10.1. The van der Waals surface area contributed by atoms with Crippen LogP contribution in [-0.2, 0) is 6.61 Å². The Hall–Kier alpha value is -1.84. The molecule has 22 heavy (non-hydrogen) atoms. The summed E-state index contributed by atoms with van der Waals surface area (Å²) in [7, 11) is 3.93. The van der Waals surface area contributed by atoms with Crippen LogP contribution in [-0.4, -0.2) is 31.3 Å². The summed E-state index contributed by atoms with van der Waals surface area (Å²) in [5.74, 6) is 0.946. The van der Waals surface area contributed by atoms with Gasteiger partial charge in [0.15, 0.2) is 5.78 Å². The van der Waals surface area contributed by atoms with Gasteiger partial charge in [-0.25, -0.2) is 0 Å². The highest BCUT2D eigenvalue weighted by Gasteiger charge is 2.06. The molecule has 0 saturated heterocycles. The summed E-state index contributed by atoms with van der Waals surface area (Å²) in [5.41, 5.74) is 1.87. The Kier molecular flexibility index (Phi) is 7.64. The number of ketones is 1. The van der Waals surface area contributed by atoms with Crippen molar-refractivity contribution in [1.29, 1.82) is 0 Å². The second-order valence-electron chi connectivity index (χ2n) is 5.28. The summed E-state index contributed by atoms with van der Waals surface area (Å²) in [6, 6.07) is 17.4. The van der Waals surface area contributed by atoms with Crippen LogP contribution in [0.4, 0.5) is 0 Å². The number of nitrogens with zero attached hydrogens (tertiary/aromatic N) is 1. The largest absolute Gasteiger partial charge is 0.489 e. The predicted octanol–water partition coefficient (Wildman–Crippen LogP) is 3.82. The Bertz CT molecular complexity index is 567. The Balaban J connectivity index is 0.00000242. The number of benzene rings is 2. The molecule has 0 heterocycles. The van der Waals surface area contributed by atoms with Gasteiger partial charge in [0.2, 0.25) is 0 Å². The number of carbonyl (C=O) groups excluding carboxylic acids is 1. The molecule has 4 heteroatoms. The molecule has 2 aromatic carbocycles. The van der Waals surface area contributed by atoms with Gasteiger partial charge in [0.05, 0.1) is 0 Å². The molecule has 0 atom stereocenters. The molecule has 0 fully saturated rings. The molecule has 0 amide bonds. The SMILES string of the molecule is CN(C)CCC(=O)c1ccc(OCc2ccccc2)cc1.Cl. The van der Waals surface area contributed by atoms with Gasteiger partial charge in [-0.3, -0.25) is 4.79 Å². The van der Waals surface area contributed by atoms with Gasteiger partial charge >= 0.3 is 0 Å². The molecule has 0 N–H and O–H groups in total. The van der Waals surface area contributed by atoms with Crippen molar-refractivity contribution in [2.45, 2.75) is 13.0 Å². The summed E-state index contributed by atoms with van der Waals surface area (Å²) in [6.07, 6.45) is 0.539. The third-order valence-electron chi connectivity index (χ3n) is 3.21. The molecule has 0 saturated carbocycles. The Morgan fingerprint density at radius 1 is 1.00 bits per heavy atom. The first-order valence-corrected chi connectivity index (χ1v) is 7.10. The molecule has 0 bridgehead atoms. The Labute approximate surface area is 138 Å². The van der Waals surface area contributed by atoms with Gasteiger partial charge in [-0.15, -0.1) is 12.4 Å². The molecule has 0 aliphatic carbocycles. The quantitative estimate of drug-likeness (QED) is 0.727. The van der Waals surface area contributed by atoms with Gasteiger partial charge < -0.3 is 9.64 Å². The first-order valence-electron chi connectivity index (χ1n) is 7.10. The van der Waals surface area contributed by atoms with Gasteiger partial charge in [0, 0.05) is 18.5 Å². The van der Waals surface area contributed by atoms with Crippen molar-refractivity contribution in [3.05, 3.63) is 65.7 Å². The molecular formula is C18H22ClNO2. The average molecular weight is 320 g/mol. The fourth-order valence-electron chi connectivity index (χ4n) is 1.95. The number of hydrogen-bond donors (Lipinski definition) is 0. The highest BCUT2D eigenvalue weighted by atomic mass is 35.5. The number of halogens is 1. The summed E-state index contributed by atoms with van der Waals surface area (Å²) in [6.45, 7) is 1.31. The van der Waals surface area contributed by atoms with E-state index in [-0.39, 0.29) is 18.2 Å². The van der Waals surface area contributed by atoms with E-state index in [4.69, 9.17) is 4.74 Å². The van der Waals surface area contributed by atoms with Crippen LogP contribution in [0.25, 0.3) is 0 Å². The fraction of sp³-hybridized carbons (Fsp3) is 0.278. The van der Waals surface area contributed by atoms with Crippen LogP contribution in [0.2, 0.25) is 0 Å². The summed E-state index contributed by atoms with van der Waals surface area (Å²) >= 11 is 0. The van der Waals surface area contributed by atoms with E-state index in [9.17, 15) is 4.79 Å². The van der Waals surface area contributed by atoms with Gasteiger partial charge in [0.1, 0.15) is 12.4 Å². The normalized spacial score (nSPS) is 10.1. The van der Waals surface area contributed by atoms with Gasteiger partial charge in [0.25, 0.3) is 0 Å². The van der Waals surface area contributed by atoms with E-state index in [0.29, 0.717) is 13.0 Å². The van der Waals surface area contributed by atoms with Crippen LogP contribution in [0.1, 0.15) is 22.3 Å². The minimum absolute atomic E-state index is 0. The molecule has 2 rings (SSSR count). The smallest absolute Gasteiger partial charge is 0.164 e. The predicted molar refractivity (Wildman–Crippen MR) is 92.0 cm³/mol. The summed E-state index contributed by atoms with van der Waals surface area (Å²) in [5, 5.41) is 0. The fourth-order valence-corrected chi connectivity index (χ4v) is 1.95. The summed E-state index contributed by atoms with van der Waals surface area (Å²) in [4.78, 5) is 14.0.